The van der Waals surface area contributed by atoms with Crippen LogP contribution >= 0.6 is 45.3 Å². The minimum atomic E-state index is 1.17. The molecule has 0 bridgehead atoms. The summed E-state index contributed by atoms with van der Waals surface area (Å²) in [6.45, 7) is 0. The maximum Gasteiger partial charge on any atom is 0.0641 e. The molecule has 0 amide bonds. The molecule has 0 saturated carbocycles. The summed E-state index contributed by atoms with van der Waals surface area (Å²) in [4.78, 5) is 5.16. The average molecular weight is 961 g/mol. The van der Waals surface area contributed by atoms with Gasteiger partial charge < -0.3 is 9.80 Å². The third-order valence-electron chi connectivity index (χ3n) is 14.6. The highest BCUT2D eigenvalue weighted by Gasteiger charge is 2.27. The largest absolute Gasteiger partial charge is 0.307 e. The van der Waals surface area contributed by atoms with E-state index in [1.54, 1.807) is 0 Å². The number of hydrogen-bond donors (Lipinski definition) is 0. The molecule has 6 heteroatoms. The lowest BCUT2D eigenvalue weighted by atomic mass is 9.91. The second-order valence-corrected chi connectivity index (χ2v) is 22.5. The average Bonchev–Trinajstić information content (AvgIpc) is 4.20. The molecular formula is C64H36N2S4. The fourth-order valence-corrected chi connectivity index (χ4v) is 16.4. The molecule has 0 fully saturated rings. The molecule has 16 aromatic rings. The Morgan fingerprint density at radius 2 is 0.471 bits per heavy atom. The van der Waals surface area contributed by atoms with Crippen LogP contribution in [-0.2, 0) is 0 Å². The SMILES string of the molecule is c1ccc2c(c1)sc1c(N(c3ccc4ccc5c(N(c6cccc7c6sc6ccccc67)c6cccc7c6sc6ccccc67)ccc6ccc3c4c65)c3cccc4c3sc3ccccc34)cccc12. The normalized spacial score (nSPS) is 12.3. The number of fused-ring (bicyclic) bond motifs is 12. The van der Waals surface area contributed by atoms with Gasteiger partial charge in [0.1, 0.15) is 0 Å². The monoisotopic (exact) mass is 960 g/mol. The Balaban J connectivity index is 0.998. The van der Waals surface area contributed by atoms with Gasteiger partial charge in [-0.15, -0.1) is 45.3 Å². The molecular weight excluding hydrogens is 925 g/mol. The minimum Gasteiger partial charge on any atom is -0.307 e. The molecule has 70 heavy (non-hydrogen) atoms. The van der Waals surface area contributed by atoms with Crippen molar-refractivity contribution in [1.82, 2.24) is 0 Å². The first-order valence-corrected chi connectivity index (χ1v) is 26.9. The fourth-order valence-electron chi connectivity index (χ4n) is 11.6. The first kappa shape index (κ1) is 39.1. The summed E-state index contributed by atoms with van der Waals surface area (Å²) in [6, 6.07) is 81.9. The first-order chi connectivity index (χ1) is 34.7. The summed E-state index contributed by atoms with van der Waals surface area (Å²) in [5, 5.41) is 17.9. The first-order valence-electron chi connectivity index (χ1n) is 23.7. The van der Waals surface area contributed by atoms with Crippen molar-refractivity contribution in [3.63, 3.8) is 0 Å². The smallest absolute Gasteiger partial charge is 0.0641 e. The van der Waals surface area contributed by atoms with E-state index >= 15 is 0 Å². The van der Waals surface area contributed by atoms with Crippen molar-refractivity contribution < 1.29 is 0 Å². The van der Waals surface area contributed by atoms with Gasteiger partial charge in [0.2, 0.25) is 0 Å². The van der Waals surface area contributed by atoms with Crippen LogP contribution in [0.2, 0.25) is 0 Å². The van der Waals surface area contributed by atoms with Gasteiger partial charge >= 0.3 is 0 Å². The Morgan fingerprint density at radius 3 is 0.786 bits per heavy atom. The number of thiophene rings is 4. The van der Waals surface area contributed by atoms with E-state index in [0.717, 1.165) is 0 Å². The second kappa shape index (κ2) is 14.8. The summed E-state index contributed by atoms with van der Waals surface area (Å²) in [5.74, 6) is 0. The molecule has 326 valence electrons. The Hall–Kier alpha value is -7.84. The second-order valence-electron chi connectivity index (χ2n) is 18.3. The molecule has 0 aliphatic carbocycles. The number of benzene rings is 12. The van der Waals surface area contributed by atoms with E-state index in [1.165, 1.54) is 147 Å². The van der Waals surface area contributed by atoms with Crippen molar-refractivity contribution in [2.45, 2.75) is 0 Å². The van der Waals surface area contributed by atoms with E-state index in [2.05, 4.69) is 228 Å². The van der Waals surface area contributed by atoms with Gasteiger partial charge in [-0.1, -0.05) is 158 Å². The zero-order valence-electron chi connectivity index (χ0n) is 37.3. The van der Waals surface area contributed by atoms with E-state index in [1.807, 2.05) is 45.3 Å². The Labute approximate surface area is 417 Å². The maximum absolute atomic E-state index is 2.58. The number of hydrogen-bond acceptors (Lipinski definition) is 6. The van der Waals surface area contributed by atoms with Gasteiger partial charge in [-0.2, -0.15) is 0 Å². The van der Waals surface area contributed by atoms with Crippen LogP contribution in [0.25, 0.3) is 113 Å². The molecule has 12 aromatic carbocycles. The molecule has 0 unspecified atom stereocenters. The standard InChI is InChI=1S/C64H36N2S4/c1-5-25-55-39(13-1)43-17-9-21-51(61(43)67-55)65(52-22-10-18-44-40-14-2-6-26-56(40)68-62(44)52)49-35-31-37-30-34-48-50(36-32-38-29-33-47(49)59(37)60(38)48)66(53-23-11-19-45-41-15-3-7-27-57(41)69-63(45)53)54-24-12-20-46-42-16-4-8-28-58(42)70-64(46)54/h1-36H. The quantitative estimate of drug-likeness (QED) is 0.153. The van der Waals surface area contributed by atoms with Crippen LogP contribution in [0.1, 0.15) is 0 Å². The molecule has 0 aliphatic rings. The molecule has 0 radical (unpaired) electrons. The van der Waals surface area contributed by atoms with Crippen LogP contribution in [0.15, 0.2) is 218 Å². The van der Waals surface area contributed by atoms with Crippen molar-refractivity contribution in [3.05, 3.63) is 218 Å². The summed E-state index contributed by atoms with van der Waals surface area (Å²) in [6.07, 6.45) is 0. The molecule has 16 rings (SSSR count). The van der Waals surface area contributed by atoms with Gasteiger partial charge in [0.25, 0.3) is 0 Å². The predicted octanol–water partition coefficient (Wildman–Crippen LogP) is 21.0. The molecule has 0 aliphatic heterocycles. The number of rotatable bonds is 6. The zero-order chi connectivity index (χ0) is 45.6. The third kappa shape index (κ3) is 5.47. The van der Waals surface area contributed by atoms with Crippen LogP contribution in [-0.4, -0.2) is 0 Å². The van der Waals surface area contributed by atoms with E-state index in [0.29, 0.717) is 0 Å². The fraction of sp³-hybridized carbons (Fsp3) is 0. The Morgan fingerprint density at radius 1 is 0.200 bits per heavy atom. The van der Waals surface area contributed by atoms with Crippen LogP contribution in [0.3, 0.4) is 0 Å². The van der Waals surface area contributed by atoms with Crippen LogP contribution in [0.4, 0.5) is 34.1 Å². The van der Waals surface area contributed by atoms with Crippen molar-refractivity contribution in [2.75, 3.05) is 9.80 Å². The van der Waals surface area contributed by atoms with E-state index in [9.17, 15) is 0 Å². The molecule has 0 saturated heterocycles. The lowest BCUT2D eigenvalue weighted by Gasteiger charge is -2.30. The molecule has 0 atom stereocenters. The van der Waals surface area contributed by atoms with Crippen LogP contribution < -0.4 is 9.80 Å². The van der Waals surface area contributed by atoms with Gasteiger partial charge in [-0.05, 0) is 82.2 Å². The third-order valence-corrected chi connectivity index (χ3v) is 19.4. The lowest BCUT2D eigenvalue weighted by molar-refractivity contribution is 1.34. The van der Waals surface area contributed by atoms with Crippen LogP contribution in [0, 0.1) is 0 Å². The van der Waals surface area contributed by atoms with E-state index < -0.39 is 0 Å². The topological polar surface area (TPSA) is 6.48 Å². The van der Waals surface area contributed by atoms with Crippen molar-refractivity contribution >= 4 is 192 Å². The summed E-state index contributed by atoms with van der Waals surface area (Å²) in [7, 11) is 0. The highest BCUT2D eigenvalue weighted by molar-refractivity contribution is 7.28. The van der Waals surface area contributed by atoms with Crippen molar-refractivity contribution in [1.29, 1.82) is 0 Å². The van der Waals surface area contributed by atoms with Crippen molar-refractivity contribution in [3.8, 4) is 0 Å². The van der Waals surface area contributed by atoms with Crippen LogP contribution in [0.5, 0.6) is 0 Å². The van der Waals surface area contributed by atoms with Gasteiger partial charge in [0.15, 0.2) is 0 Å². The molecule has 4 heterocycles. The molecule has 2 nitrogen and oxygen atoms in total. The van der Waals surface area contributed by atoms with E-state index in [4.69, 9.17) is 0 Å². The molecule has 0 N–H and O–H groups in total. The van der Waals surface area contributed by atoms with Gasteiger partial charge in [-0.3, -0.25) is 0 Å². The lowest BCUT2D eigenvalue weighted by Crippen LogP contribution is -2.12. The highest BCUT2D eigenvalue weighted by atomic mass is 32.1. The summed E-state index contributed by atoms with van der Waals surface area (Å²) >= 11 is 7.57. The number of anilines is 6. The summed E-state index contributed by atoms with van der Waals surface area (Å²) < 4.78 is 10.4. The molecule has 4 aromatic heterocycles. The minimum absolute atomic E-state index is 1.17. The van der Waals surface area contributed by atoms with Gasteiger partial charge in [0.05, 0.1) is 52.9 Å². The van der Waals surface area contributed by atoms with E-state index in [-0.39, 0.29) is 0 Å². The summed E-state index contributed by atoms with van der Waals surface area (Å²) in [5.41, 5.74) is 7.11. The van der Waals surface area contributed by atoms with Gasteiger partial charge in [0, 0.05) is 72.7 Å². The number of nitrogens with zero attached hydrogens (tertiary/aromatic N) is 2. The zero-order valence-corrected chi connectivity index (χ0v) is 40.6. The maximum atomic E-state index is 2.58. The van der Waals surface area contributed by atoms with Gasteiger partial charge in [-0.25, -0.2) is 0 Å². The Bertz CT molecular complexity index is 4290. The Kier molecular flexibility index (Phi) is 8.28. The predicted molar refractivity (Wildman–Crippen MR) is 311 cm³/mol. The van der Waals surface area contributed by atoms with Crippen molar-refractivity contribution in [2.24, 2.45) is 0 Å². The molecule has 0 spiro atoms. The highest BCUT2D eigenvalue weighted by Crippen LogP contribution is 2.54.